The molecule has 0 radical (unpaired) electrons. The van der Waals surface area contributed by atoms with Gasteiger partial charge in [0.2, 0.25) is 5.82 Å². The normalized spacial score (nSPS) is 11.2. The summed E-state index contributed by atoms with van der Waals surface area (Å²) in [7, 11) is 1.59. The summed E-state index contributed by atoms with van der Waals surface area (Å²) in [6, 6.07) is 7.51. The number of hydrazone groups is 1. The number of nitrogens with zero attached hydrogens (tertiary/aromatic N) is 4. The number of benzene rings is 1. The van der Waals surface area contributed by atoms with Gasteiger partial charge in [-0.2, -0.15) is 10.1 Å². The Morgan fingerprint density at radius 1 is 1.21 bits per heavy atom. The highest BCUT2D eigenvalue weighted by atomic mass is 35.5. The predicted molar refractivity (Wildman–Crippen MR) is 113 cm³/mol. The summed E-state index contributed by atoms with van der Waals surface area (Å²) in [6.45, 7) is 1.59. The second-order valence-electron chi connectivity index (χ2n) is 5.73. The van der Waals surface area contributed by atoms with Crippen LogP contribution in [0.3, 0.4) is 0 Å². The van der Waals surface area contributed by atoms with Crippen molar-refractivity contribution in [2.45, 2.75) is 6.92 Å². The van der Waals surface area contributed by atoms with Gasteiger partial charge in [-0.05, 0) is 31.2 Å². The summed E-state index contributed by atoms with van der Waals surface area (Å²) in [4.78, 5) is 24.1. The maximum absolute atomic E-state index is 12.9. The topological polar surface area (TPSA) is 108 Å². The fourth-order valence-electron chi connectivity index (χ4n) is 2.60. The number of carbonyl (C=O) groups excluding carboxylic acids is 1. The third-order valence-corrected chi connectivity index (χ3v) is 5.65. The Labute approximate surface area is 179 Å². The van der Waals surface area contributed by atoms with Gasteiger partial charge in [-0.25, -0.2) is 4.79 Å². The number of thiophene rings is 1. The van der Waals surface area contributed by atoms with Gasteiger partial charge in [0.15, 0.2) is 5.75 Å². The molecule has 0 spiro atoms. The van der Waals surface area contributed by atoms with Gasteiger partial charge < -0.3 is 10.2 Å². The Balaban J connectivity index is 2.07. The maximum atomic E-state index is 12.9. The first-order valence-electron chi connectivity index (χ1n) is 8.12. The highest BCUT2D eigenvalue weighted by Crippen LogP contribution is 2.39. The third-order valence-electron chi connectivity index (χ3n) is 3.85. The molecule has 0 saturated heterocycles. The minimum Gasteiger partial charge on any atom is -0.503 e. The number of carboxylic acid groups (broad SMARTS) is 1. The van der Waals surface area contributed by atoms with Gasteiger partial charge in [-0.3, -0.25) is 9.48 Å². The van der Waals surface area contributed by atoms with Crippen LogP contribution in [-0.2, 0) is 7.05 Å². The molecule has 0 bridgehead atoms. The first-order valence-corrected chi connectivity index (χ1v) is 9.69. The SMILES string of the molecule is CC=NN(C(=O)c1ccc(C(=O)O)s1)c1nn(C)c(-c2ccc(Cl)c(Cl)c2)c1O. The van der Waals surface area contributed by atoms with E-state index in [2.05, 4.69) is 10.2 Å². The smallest absolute Gasteiger partial charge is 0.345 e. The Kier molecular flexibility index (Phi) is 5.92. The van der Waals surface area contributed by atoms with Crippen molar-refractivity contribution in [3.63, 3.8) is 0 Å². The molecule has 0 saturated carbocycles. The summed E-state index contributed by atoms with van der Waals surface area (Å²) < 4.78 is 1.38. The summed E-state index contributed by atoms with van der Waals surface area (Å²) in [6.07, 6.45) is 1.36. The number of aryl methyl sites for hydroxylation is 1. The molecule has 150 valence electrons. The van der Waals surface area contributed by atoms with Crippen LogP contribution in [0, 0.1) is 0 Å². The molecule has 8 nitrogen and oxygen atoms in total. The first kappa shape index (κ1) is 20.8. The van der Waals surface area contributed by atoms with Crippen molar-refractivity contribution in [3.8, 4) is 17.0 Å². The Bertz CT molecular complexity index is 1140. The van der Waals surface area contributed by atoms with Gasteiger partial charge >= 0.3 is 5.97 Å². The van der Waals surface area contributed by atoms with Crippen LogP contribution in [0.4, 0.5) is 5.82 Å². The van der Waals surface area contributed by atoms with Gasteiger partial charge in [-0.15, -0.1) is 16.4 Å². The number of carboxylic acids is 1. The maximum Gasteiger partial charge on any atom is 0.345 e. The average molecular weight is 453 g/mol. The van der Waals surface area contributed by atoms with E-state index in [0.29, 0.717) is 21.3 Å². The summed E-state index contributed by atoms with van der Waals surface area (Å²) in [5.74, 6) is -2.17. The Hall–Kier alpha value is -2.88. The van der Waals surface area contributed by atoms with Crippen LogP contribution >= 0.6 is 34.5 Å². The van der Waals surface area contributed by atoms with Crippen molar-refractivity contribution in [2.75, 3.05) is 5.01 Å². The Morgan fingerprint density at radius 2 is 1.90 bits per heavy atom. The molecule has 0 aliphatic heterocycles. The number of hydrogen-bond donors (Lipinski definition) is 2. The van der Waals surface area contributed by atoms with Crippen LogP contribution in [0.5, 0.6) is 5.75 Å². The summed E-state index contributed by atoms with van der Waals surface area (Å²) in [5.41, 5.74) is 0.843. The van der Waals surface area contributed by atoms with E-state index < -0.39 is 11.9 Å². The molecule has 2 aromatic heterocycles. The molecule has 3 aromatic rings. The molecule has 2 heterocycles. The van der Waals surface area contributed by atoms with Crippen molar-refractivity contribution in [1.29, 1.82) is 0 Å². The number of amides is 1. The molecule has 29 heavy (non-hydrogen) atoms. The zero-order valence-electron chi connectivity index (χ0n) is 15.1. The minimum atomic E-state index is -1.14. The number of aromatic nitrogens is 2. The highest BCUT2D eigenvalue weighted by Gasteiger charge is 2.28. The second-order valence-corrected chi connectivity index (χ2v) is 7.63. The van der Waals surface area contributed by atoms with Crippen LogP contribution < -0.4 is 5.01 Å². The largest absolute Gasteiger partial charge is 0.503 e. The van der Waals surface area contributed by atoms with Gasteiger partial charge in [0.25, 0.3) is 5.91 Å². The van der Waals surface area contributed by atoms with Crippen molar-refractivity contribution in [2.24, 2.45) is 12.1 Å². The van der Waals surface area contributed by atoms with Crippen LogP contribution in [0.1, 0.15) is 26.3 Å². The highest BCUT2D eigenvalue weighted by molar-refractivity contribution is 7.16. The molecule has 0 fully saturated rings. The molecular weight excluding hydrogens is 439 g/mol. The second kappa shape index (κ2) is 8.24. The fourth-order valence-corrected chi connectivity index (χ4v) is 3.67. The molecule has 2 N–H and O–H groups in total. The van der Waals surface area contributed by atoms with Crippen LogP contribution in [-0.4, -0.2) is 38.1 Å². The number of carbonyl (C=O) groups is 2. The van der Waals surface area contributed by atoms with E-state index in [1.807, 2.05) is 0 Å². The lowest BCUT2D eigenvalue weighted by atomic mass is 10.1. The van der Waals surface area contributed by atoms with Crippen LogP contribution in [0.15, 0.2) is 35.4 Å². The third kappa shape index (κ3) is 3.98. The summed E-state index contributed by atoms with van der Waals surface area (Å²) >= 11 is 12.8. The molecular formula is C18H14Cl2N4O4S. The molecule has 0 aliphatic rings. The molecule has 0 aliphatic carbocycles. The average Bonchev–Trinajstić information content (AvgIpc) is 3.27. The lowest BCUT2D eigenvalue weighted by molar-refractivity contribution is 0.0702. The predicted octanol–water partition coefficient (Wildman–Crippen LogP) is 4.51. The molecule has 1 aromatic carbocycles. The first-order chi connectivity index (χ1) is 13.7. The van der Waals surface area contributed by atoms with Gasteiger partial charge in [-0.1, -0.05) is 29.3 Å². The van der Waals surface area contributed by atoms with Gasteiger partial charge in [0.05, 0.1) is 14.9 Å². The van der Waals surface area contributed by atoms with Crippen molar-refractivity contribution in [1.82, 2.24) is 9.78 Å². The number of anilines is 1. The van der Waals surface area contributed by atoms with E-state index in [1.165, 1.54) is 23.0 Å². The quantitative estimate of drug-likeness (QED) is 0.437. The van der Waals surface area contributed by atoms with Crippen molar-refractivity contribution in [3.05, 3.63) is 50.1 Å². The van der Waals surface area contributed by atoms with Crippen molar-refractivity contribution >= 4 is 58.4 Å². The zero-order valence-corrected chi connectivity index (χ0v) is 17.5. The number of rotatable bonds is 5. The fraction of sp³-hybridized carbons (Fsp3) is 0.111. The lowest BCUT2D eigenvalue weighted by Gasteiger charge is -2.13. The van der Waals surface area contributed by atoms with E-state index >= 15 is 0 Å². The monoisotopic (exact) mass is 452 g/mol. The molecule has 0 atom stereocenters. The standard InChI is InChI=1S/C18H14Cl2N4O4S/c1-3-21-24(17(26)12-6-7-13(29-12)18(27)28)16-15(25)14(23(2)22-16)9-4-5-10(19)11(20)8-9/h3-8,25H,1-2H3,(H,27,28). The number of halogens is 2. The van der Waals surface area contributed by atoms with E-state index in [0.717, 1.165) is 16.3 Å². The number of aromatic carboxylic acids is 1. The molecule has 0 unspecified atom stereocenters. The van der Waals surface area contributed by atoms with Crippen LogP contribution in [0.2, 0.25) is 10.0 Å². The number of aromatic hydroxyl groups is 1. The van der Waals surface area contributed by atoms with E-state index in [9.17, 15) is 14.7 Å². The molecule has 1 amide bonds. The Morgan fingerprint density at radius 3 is 2.48 bits per heavy atom. The summed E-state index contributed by atoms with van der Waals surface area (Å²) in [5, 5.41) is 29.6. The number of hydrogen-bond acceptors (Lipinski definition) is 6. The van der Waals surface area contributed by atoms with Crippen LogP contribution in [0.25, 0.3) is 11.3 Å². The van der Waals surface area contributed by atoms with Gasteiger partial charge in [0, 0.05) is 18.8 Å². The van der Waals surface area contributed by atoms with Crippen molar-refractivity contribution < 1.29 is 19.8 Å². The van der Waals surface area contributed by atoms with Gasteiger partial charge in [0.1, 0.15) is 10.6 Å². The molecule has 3 rings (SSSR count). The lowest BCUT2D eigenvalue weighted by Crippen LogP contribution is -2.25. The molecule has 11 heteroatoms. The van der Waals surface area contributed by atoms with E-state index in [1.54, 1.807) is 32.2 Å². The van der Waals surface area contributed by atoms with E-state index in [4.69, 9.17) is 28.3 Å². The van der Waals surface area contributed by atoms with E-state index in [-0.39, 0.29) is 21.3 Å². The zero-order chi connectivity index (χ0) is 21.3. The minimum absolute atomic E-state index is 0.00974.